The standard InChI is InChI=1S/C13H10BrNO4/c14-10-7-11(16)15(13(10)19)9-4-1-8(2-5-9)3-6-12(17)18/h1-2,4-5,7H,3,6H2,(H,17,18). The van der Waals surface area contributed by atoms with Crippen LogP contribution in [0.2, 0.25) is 0 Å². The summed E-state index contributed by atoms with van der Waals surface area (Å²) in [5, 5.41) is 8.59. The van der Waals surface area contributed by atoms with Crippen LogP contribution in [-0.2, 0) is 20.8 Å². The van der Waals surface area contributed by atoms with Crippen molar-refractivity contribution < 1.29 is 19.5 Å². The highest BCUT2D eigenvalue weighted by Gasteiger charge is 2.30. The van der Waals surface area contributed by atoms with E-state index in [1.165, 1.54) is 6.08 Å². The molecular formula is C13H10BrNO4. The largest absolute Gasteiger partial charge is 0.481 e. The Labute approximate surface area is 117 Å². The summed E-state index contributed by atoms with van der Waals surface area (Å²) in [6, 6.07) is 6.69. The Hall–Kier alpha value is -1.95. The number of aryl methyl sites for hydroxylation is 1. The van der Waals surface area contributed by atoms with Crippen LogP contribution in [0.15, 0.2) is 34.8 Å². The lowest BCUT2D eigenvalue weighted by Crippen LogP contribution is -2.30. The van der Waals surface area contributed by atoms with Crippen molar-refractivity contribution >= 4 is 39.4 Å². The number of aliphatic carboxylic acids is 1. The molecule has 1 N–H and O–H groups in total. The van der Waals surface area contributed by atoms with E-state index in [1.807, 2.05) is 0 Å². The van der Waals surface area contributed by atoms with Crippen molar-refractivity contribution in [2.24, 2.45) is 0 Å². The fraction of sp³-hybridized carbons (Fsp3) is 0.154. The van der Waals surface area contributed by atoms with Crippen molar-refractivity contribution in [1.29, 1.82) is 0 Å². The van der Waals surface area contributed by atoms with Crippen molar-refractivity contribution in [2.75, 3.05) is 4.90 Å². The van der Waals surface area contributed by atoms with Gasteiger partial charge in [0.1, 0.15) is 0 Å². The summed E-state index contributed by atoms with van der Waals surface area (Å²) in [6.45, 7) is 0. The van der Waals surface area contributed by atoms with Crippen LogP contribution in [0, 0.1) is 0 Å². The van der Waals surface area contributed by atoms with Crippen molar-refractivity contribution in [2.45, 2.75) is 12.8 Å². The van der Waals surface area contributed by atoms with E-state index in [-0.39, 0.29) is 10.9 Å². The maximum atomic E-state index is 11.7. The first-order chi connectivity index (χ1) is 8.99. The molecule has 1 aromatic carbocycles. The maximum absolute atomic E-state index is 11.7. The van der Waals surface area contributed by atoms with E-state index >= 15 is 0 Å². The number of nitrogens with zero attached hydrogens (tertiary/aromatic N) is 1. The van der Waals surface area contributed by atoms with Gasteiger partial charge < -0.3 is 5.11 Å². The fourth-order valence-corrected chi connectivity index (χ4v) is 2.12. The van der Waals surface area contributed by atoms with Gasteiger partial charge in [0.25, 0.3) is 11.8 Å². The van der Waals surface area contributed by atoms with E-state index in [0.717, 1.165) is 10.5 Å². The van der Waals surface area contributed by atoms with Crippen LogP contribution in [0.25, 0.3) is 0 Å². The Balaban J connectivity index is 2.13. The second-order valence-corrected chi connectivity index (χ2v) is 4.89. The molecule has 0 saturated carbocycles. The fourth-order valence-electron chi connectivity index (χ4n) is 1.75. The number of imide groups is 1. The first-order valence-corrected chi connectivity index (χ1v) is 6.34. The van der Waals surface area contributed by atoms with Crippen molar-refractivity contribution in [1.82, 2.24) is 0 Å². The monoisotopic (exact) mass is 323 g/mol. The van der Waals surface area contributed by atoms with Crippen molar-refractivity contribution in [3.05, 3.63) is 40.4 Å². The van der Waals surface area contributed by atoms with E-state index in [4.69, 9.17) is 5.11 Å². The minimum atomic E-state index is -0.859. The van der Waals surface area contributed by atoms with Gasteiger partial charge >= 0.3 is 5.97 Å². The first-order valence-electron chi connectivity index (χ1n) is 5.55. The molecule has 0 spiro atoms. The summed E-state index contributed by atoms with van der Waals surface area (Å²) in [5.41, 5.74) is 1.32. The number of carboxylic acids is 1. The maximum Gasteiger partial charge on any atom is 0.303 e. The molecule has 0 bridgehead atoms. The number of rotatable bonds is 4. The van der Waals surface area contributed by atoms with Gasteiger partial charge in [-0.1, -0.05) is 12.1 Å². The third kappa shape index (κ3) is 2.90. The minimum Gasteiger partial charge on any atom is -0.481 e. The lowest BCUT2D eigenvalue weighted by molar-refractivity contribution is -0.137. The summed E-state index contributed by atoms with van der Waals surface area (Å²) in [5.74, 6) is -1.65. The second kappa shape index (κ2) is 5.36. The van der Waals surface area contributed by atoms with Gasteiger partial charge in [0.05, 0.1) is 10.2 Å². The van der Waals surface area contributed by atoms with Gasteiger partial charge in [0, 0.05) is 12.5 Å². The molecule has 0 unspecified atom stereocenters. The Morgan fingerprint density at radius 2 is 1.84 bits per heavy atom. The van der Waals surface area contributed by atoms with E-state index in [0.29, 0.717) is 12.1 Å². The molecule has 0 atom stereocenters. The molecule has 1 aliphatic rings. The Bertz CT molecular complexity index is 577. The zero-order valence-corrected chi connectivity index (χ0v) is 11.4. The third-order valence-corrected chi connectivity index (χ3v) is 3.27. The minimum absolute atomic E-state index is 0.0496. The highest BCUT2D eigenvalue weighted by molar-refractivity contribution is 9.12. The number of carbonyl (C=O) groups is 3. The van der Waals surface area contributed by atoms with Gasteiger partial charge in [-0.2, -0.15) is 0 Å². The lowest BCUT2D eigenvalue weighted by Gasteiger charge is -2.14. The molecule has 1 aliphatic heterocycles. The number of hydrogen-bond donors (Lipinski definition) is 1. The van der Waals surface area contributed by atoms with Crippen LogP contribution in [0.3, 0.4) is 0 Å². The highest BCUT2D eigenvalue weighted by atomic mass is 79.9. The summed E-state index contributed by atoms with van der Waals surface area (Å²) >= 11 is 3.02. The lowest BCUT2D eigenvalue weighted by atomic mass is 10.1. The van der Waals surface area contributed by atoms with Crippen LogP contribution < -0.4 is 4.90 Å². The molecule has 0 radical (unpaired) electrons. The summed E-state index contributed by atoms with van der Waals surface area (Å²) < 4.78 is 0.229. The molecule has 1 aromatic rings. The van der Waals surface area contributed by atoms with E-state index in [2.05, 4.69) is 15.9 Å². The molecule has 98 valence electrons. The second-order valence-electron chi connectivity index (χ2n) is 4.03. The predicted octanol–water partition coefficient (Wildman–Crippen LogP) is 1.86. The van der Waals surface area contributed by atoms with Crippen LogP contribution in [-0.4, -0.2) is 22.9 Å². The van der Waals surface area contributed by atoms with Crippen molar-refractivity contribution in [3.63, 3.8) is 0 Å². The molecule has 0 saturated heterocycles. The number of amides is 2. The normalized spacial score (nSPS) is 14.8. The molecule has 19 heavy (non-hydrogen) atoms. The topological polar surface area (TPSA) is 74.7 Å². The molecule has 6 heteroatoms. The van der Waals surface area contributed by atoms with Gasteiger partial charge in [-0.3, -0.25) is 14.4 Å². The number of anilines is 1. The number of hydrogen-bond acceptors (Lipinski definition) is 3. The first kappa shape index (κ1) is 13.5. The van der Waals surface area contributed by atoms with Gasteiger partial charge in [0.2, 0.25) is 0 Å². The van der Waals surface area contributed by atoms with Gasteiger partial charge in [0.15, 0.2) is 0 Å². The predicted molar refractivity (Wildman–Crippen MR) is 71.9 cm³/mol. The average Bonchev–Trinajstić information content (AvgIpc) is 2.62. The molecule has 0 aliphatic carbocycles. The molecule has 1 heterocycles. The molecular weight excluding hydrogens is 314 g/mol. The number of carboxylic acid groups (broad SMARTS) is 1. The SMILES string of the molecule is O=C(O)CCc1ccc(N2C(=O)C=C(Br)C2=O)cc1. The van der Waals surface area contributed by atoms with E-state index in [9.17, 15) is 14.4 Å². The van der Waals surface area contributed by atoms with Crippen LogP contribution in [0.5, 0.6) is 0 Å². The van der Waals surface area contributed by atoms with Gasteiger partial charge in [-0.05, 0) is 40.0 Å². The van der Waals surface area contributed by atoms with Crippen LogP contribution >= 0.6 is 15.9 Å². The van der Waals surface area contributed by atoms with Crippen LogP contribution in [0.1, 0.15) is 12.0 Å². The molecule has 2 rings (SSSR count). The summed E-state index contributed by atoms with van der Waals surface area (Å²) in [4.78, 5) is 34.9. The van der Waals surface area contributed by atoms with Crippen LogP contribution in [0.4, 0.5) is 5.69 Å². The Kier molecular flexibility index (Phi) is 3.80. The molecule has 0 aromatic heterocycles. The van der Waals surface area contributed by atoms with Crippen molar-refractivity contribution in [3.8, 4) is 0 Å². The molecule has 0 fully saturated rings. The van der Waals surface area contributed by atoms with Gasteiger partial charge in [-0.25, -0.2) is 4.90 Å². The third-order valence-electron chi connectivity index (χ3n) is 2.70. The van der Waals surface area contributed by atoms with E-state index < -0.39 is 17.8 Å². The number of halogens is 1. The Morgan fingerprint density at radius 1 is 1.21 bits per heavy atom. The average molecular weight is 324 g/mol. The molecule has 2 amide bonds. The molecule has 5 nitrogen and oxygen atoms in total. The van der Waals surface area contributed by atoms with E-state index in [1.54, 1.807) is 24.3 Å². The smallest absolute Gasteiger partial charge is 0.303 e. The quantitative estimate of drug-likeness (QED) is 0.858. The zero-order chi connectivity index (χ0) is 14.0. The summed E-state index contributed by atoms with van der Waals surface area (Å²) in [7, 11) is 0. The summed E-state index contributed by atoms with van der Waals surface area (Å²) in [6.07, 6.45) is 1.69. The number of carbonyl (C=O) groups excluding carboxylic acids is 2. The zero-order valence-electron chi connectivity index (χ0n) is 9.80. The highest BCUT2D eigenvalue weighted by Crippen LogP contribution is 2.25. The number of benzene rings is 1. The Morgan fingerprint density at radius 3 is 2.32 bits per heavy atom. The van der Waals surface area contributed by atoms with Gasteiger partial charge in [-0.15, -0.1) is 0 Å².